The molecule has 0 aliphatic heterocycles. The first-order chi connectivity index (χ1) is 11.2. The van der Waals surface area contributed by atoms with Gasteiger partial charge < -0.3 is 11.5 Å². The van der Waals surface area contributed by atoms with Crippen molar-refractivity contribution in [2.45, 2.75) is 0 Å². The molecule has 1 aromatic rings. The fourth-order valence-corrected chi connectivity index (χ4v) is 2.14. The Bertz CT molecular complexity index is 675. The van der Waals surface area contributed by atoms with Crippen molar-refractivity contribution in [3.05, 3.63) is 35.4 Å². The molecule has 0 saturated carbocycles. The fraction of sp³-hybridized carbons (Fsp3) is 0. The molecule has 10 nitrogen and oxygen atoms in total. The normalized spacial score (nSPS) is 9.67. The van der Waals surface area contributed by atoms with Crippen molar-refractivity contribution in [2.24, 2.45) is 11.5 Å². The van der Waals surface area contributed by atoms with Crippen molar-refractivity contribution in [2.75, 3.05) is 0 Å². The van der Waals surface area contributed by atoms with Gasteiger partial charge in [-0.3, -0.25) is 40.6 Å². The molecule has 1 aromatic carbocycles. The zero-order chi connectivity index (χ0) is 18.3. The Kier molecular flexibility index (Phi) is 6.95. The maximum Gasteiger partial charge on any atom is 0.293 e. The van der Waals surface area contributed by atoms with Gasteiger partial charge in [0.2, 0.25) is 0 Å². The number of hydrogen-bond acceptors (Lipinski definition) is 8. The molecular weight excluding hydrogens is 356 g/mol. The summed E-state index contributed by atoms with van der Waals surface area (Å²) in [6, 6.07) is 5.47. The van der Waals surface area contributed by atoms with Crippen molar-refractivity contribution < 1.29 is 19.2 Å². The van der Waals surface area contributed by atoms with Crippen LogP contribution in [0.15, 0.2) is 24.3 Å². The van der Waals surface area contributed by atoms with Crippen molar-refractivity contribution >= 4 is 56.2 Å². The molecule has 0 saturated heterocycles. The van der Waals surface area contributed by atoms with Crippen LogP contribution in [0.25, 0.3) is 0 Å². The van der Waals surface area contributed by atoms with Crippen LogP contribution < -0.4 is 22.1 Å². The van der Waals surface area contributed by atoms with Crippen LogP contribution >= 0.6 is 23.5 Å². The predicted molar refractivity (Wildman–Crippen MR) is 91.2 cm³/mol. The van der Waals surface area contributed by atoms with E-state index < -0.39 is 32.6 Å². The molecule has 12 heteroatoms. The Morgan fingerprint density at radius 1 is 0.792 bits per heavy atom. The number of nitrogens with one attached hydrogen (secondary N) is 4. The molecule has 0 heterocycles. The van der Waals surface area contributed by atoms with Gasteiger partial charge in [0.15, 0.2) is 10.3 Å². The molecule has 0 aromatic heterocycles. The zero-order valence-corrected chi connectivity index (χ0v) is 13.5. The number of nitrogens with two attached hydrogens (primary N) is 2. The molecule has 4 amide bonds. The van der Waals surface area contributed by atoms with Crippen LogP contribution in [0.2, 0.25) is 0 Å². The lowest BCUT2D eigenvalue weighted by Crippen LogP contribution is -2.33. The number of amides is 4. The topological polar surface area (TPSA) is 192 Å². The van der Waals surface area contributed by atoms with Gasteiger partial charge in [-0.05, 0) is 12.1 Å². The van der Waals surface area contributed by atoms with Gasteiger partial charge in [-0.25, -0.2) is 0 Å². The third kappa shape index (κ3) is 6.10. The average molecular weight is 368 g/mol. The maximum atomic E-state index is 12.0. The highest BCUT2D eigenvalue weighted by molar-refractivity contribution is 8.26. The van der Waals surface area contributed by atoms with Crippen LogP contribution in [0.4, 0.5) is 9.59 Å². The molecule has 0 spiro atoms. The molecule has 0 atom stereocenters. The summed E-state index contributed by atoms with van der Waals surface area (Å²) in [4.78, 5) is 47.0. The summed E-state index contributed by atoms with van der Waals surface area (Å²) < 4.78 is 0. The van der Waals surface area contributed by atoms with Crippen LogP contribution in [0.1, 0.15) is 20.7 Å². The van der Waals surface area contributed by atoms with Crippen molar-refractivity contribution in [3.63, 3.8) is 0 Å². The summed E-state index contributed by atoms with van der Waals surface area (Å²) in [6.45, 7) is 0. The smallest absolute Gasteiger partial charge is 0.293 e. The Morgan fingerprint density at radius 3 is 1.42 bits per heavy atom. The van der Waals surface area contributed by atoms with Crippen molar-refractivity contribution in [1.82, 2.24) is 10.6 Å². The van der Waals surface area contributed by atoms with E-state index in [4.69, 9.17) is 22.3 Å². The number of carbonyl (C=O) groups is 4. The summed E-state index contributed by atoms with van der Waals surface area (Å²) in [5.41, 5.74) is 9.73. The molecule has 24 heavy (non-hydrogen) atoms. The summed E-state index contributed by atoms with van der Waals surface area (Å²) >= 11 is 0.608. The molecule has 0 fully saturated rings. The minimum Gasteiger partial charge on any atom is -0.378 e. The van der Waals surface area contributed by atoms with Crippen LogP contribution in [0.3, 0.4) is 0 Å². The Hall–Kier alpha value is -2.86. The lowest BCUT2D eigenvalue weighted by Gasteiger charge is -2.09. The first kappa shape index (κ1) is 19.2. The van der Waals surface area contributed by atoms with Gasteiger partial charge >= 0.3 is 0 Å². The molecule has 8 N–H and O–H groups in total. The molecule has 0 aliphatic carbocycles. The molecule has 0 aliphatic rings. The number of rotatable bonds is 2. The SMILES string of the molecule is N=C(N)SC(=O)NC(=O)c1ccccc1C(=O)NC(=O)SC(=N)N. The number of hydrogen-bond donors (Lipinski definition) is 6. The Morgan fingerprint density at radius 2 is 1.12 bits per heavy atom. The molecule has 0 unspecified atom stereocenters. The second kappa shape index (κ2) is 8.69. The standard InChI is InChI=1S/C12H12N6O4S2/c13-9(14)23-11(21)17-7(19)5-3-1-2-4-6(5)8(20)18-12(22)24-10(15)16/h1-4H,(H3,13,14)(H3,15,16)(H,17,19,21)(H,18,20,22). The van der Waals surface area contributed by atoms with Gasteiger partial charge in [-0.15, -0.1) is 0 Å². The molecule has 0 radical (unpaired) electrons. The van der Waals surface area contributed by atoms with E-state index in [0.29, 0.717) is 23.5 Å². The maximum absolute atomic E-state index is 12.0. The highest BCUT2D eigenvalue weighted by Crippen LogP contribution is 2.11. The van der Waals surface area contributed by atoms with Crippen LogP contribution in [-0.4, -0.2) is 32.6 Å². The van der Waals surface area contributed by atoms with E-state index in [-0.39, 0.29) is 11.1 Å². The van der Waals surface area contributed by atoms with Crippen molar-refractivity contribution in [3.8, 4) is 0 Å². The van der Waals surface area contributed by atoms with Crippen LogP contribution in [-0.2, 0) is 0 Å². The second-order valence-electron chi connectivity index (χ2n) is 3.96. The number of thioether (sulfide) groups is 2. The first-order valence-corrected chi connectivity index (χ1v) is 7.67. The summed E-state index contributed by atoms with van der Waals surface area (Å²) in [5, 5.41) is 15.0. The number of amidine groups is 2. The van der Waals surface area contributed by atoms with Gasteiger partial charge in [0, 0.05) is 23.5 Å². The quantitative estimate of drug-likeness (QED) is 0.323. The van der Waals surface area contributed by atoms with Gasteiger partial charge in [0.05, 0.1) is 11.1 Å². The minimum absolute atomic E-state index is 0.159. The first-order valence-electron chi connectivity index (χ1n) is 6.04. The highest BCUT2D eigenvalue weighted by atomic mass is 32.2. The van der Waals surface area contributed by atoms with E-state index in [1.807, 2.05) is 10.6 Å². The minimum atomic E-state index is -0.897. The lowest BCUT2D eigenvalue weighted by atomic mass is 10.1. The van der Waals surface area contributed by atoms with Gasteiger partial charge in [-0.2, -0.15) is 0 Å². The van der Waals surface area contributed by atoms with E-state index in [2.05, 4.69) is 0 Å². The van der Waals surface area contributed by atoms with E-state index in [9.17, 15) is 19.2 Å². The monoisotopic (exact) mass is 368 g/mol. The van der Waals surface area contributed by atoms with Crippen LogP contribution in [0.5, 0.6) is 0 Å². The average Bonchev–Trinajstić information content (AvgIpc) is 2.45. The molecular formula is C12H12N6O4S2. The van der Waals surface area contributed by atoms with Crippen molar-refractivity contribution in [1.29, 1.82) is 10.8 Å². The number of carbonyl (C=O) groups excluding carboxylic acids is 4. The van der Waals surface area contributed by atoms with Gasteiger partial charge in [0.25, 0.3) is 22.3 Å². The van der Waals surface area contributed by atoms with Gasteiger partial charge in [-0.1, -0.05) is 12.1 Å². The summed E-state index contributed by atoms with van der Waals surface area (Å²) in [6.07, 6.45) is 0. The van der Waals surface area contributed by atoms with E-state index >= 15 is 0 Å². The molecule has 0 bridgehead atoms. The largest absolute Gasteiger partial charge is 0.378 e. The second-order valence-corrected chi connectivity index (χ2v) is 5.99. The van der Waals surface area contributed by atoms with Crippen LogP contribution in [0, 0.1) is 10.8 Å². The fourth-order valence-electron chi connectivity index (χ4n) is 1.45. The van der Waals surface area contributed by atoms with E-state index in [0.717, 1.165) is 0 Å². The Balaban J connectivity index is 2.91. The van der Waals surface area contributed by atoms with E-state index in [1.54, 1.807) is 0 Å². The third-order valence-corrected chi connectivity index (χ3v) is 3.27. The summed E-state index contributed by atoms with van der Waals surface area (Å²) in [5.74, 6) is -1.79. The number of imide groups is 2. The predicted octanol–water partition coefficient (Wildman–Crippen LogP) is 0.640. The Labute approximate surface area is 144 Å². The lowest BCUT2D eigenvalue weighted by molar-refractivity contribution is 0.0934. The van der Waals surface area contributed by atoms with Gasteiger partial charge in [0.1, 0.15) is 0 Å². The highest BCUT2D eigenvalue weighted by Gasteiger charge is 2.20. The number of benzene rings is 1. The third-order valence-electron chi connectivity index (χ3n) is 2.25. The van der Waals surface area contributed by atoms with E-state index in [1.165, 1.54) is 24.3 Å². The zero-order valence-electron chi connectivity index (χ0n) is 11.9. The molecule has 1 rings (SSSR count). The molecule has 126 valence electrons. The summed E-state index contributed by atoms with van der Waals surface area (Å²) in [7, 11) is 0.